The number of fused-ring (bicyclic) bond motifs is 1. The first-order valence-electron chi connectivity index (χ1n) is 8.21. The summed E-state index contributed by atoms with van der Waals surface area (Å²) in [7, 11) is 0. The number of nitrogens with one attached hydrogen (secondary N) is 3. The third-order valence-electron chi connectivity index (χ3n) is 3.77. The van der Waals surface area contributed by atoms with Gasteiger partial charge in [-0.2, -0.15) is 10.1 Å². The van der Waals surface area contributed by atoms with Gasteiger partial charge in [-0.25, -0.2) is 9.37 Å². The molecule has 0 bridgehead atoms. The normalized spacial score (nSPS) is 11.4. The third kappa shape index (κ3) is 4.51. The van der Waals surface area contributed by atoms with E-state index in [1.165, 1.54) is 12.1 Å². The summed E-state index contributed by atoms with van der Waals surface area (Å²) >= 11 is 0. The summed E-state index contributed by atoms with van der Waals surface area (Å²) in [5.74, 6) is -1.33. The largest absolute Gasteiger partial charge is 0.573 e. The van der Waals surface area contributed by atoms with Gasteiger partial charge >= 0.3 is 6.36 Å². The van der Waals surface area contributed by atoms with Gasteiger partial charge in [-0.05, 0) is 30.3 Å². The molecule has 0 fully saturated rings. The molecule has 0 saturated heterocycles. The molecular weight excluding hydrogens is 392 g/mol. The molecule has 0 atom stereocenters. The zero-order valence-electron chi connectivity index (χ0n) is 14.5. The number of nitrogens with zero attached hydrogens (tertiary/aromatic N) is 3. The topological polar surface area (TPSA) is 87.8 Å². The Morgan fingerprint density at radius 2 is 1.79 bits per heavy atom. The predicted octanol–water partition coefficient (Wildman–Crippen LogP) is 4.88. The molecule has 4 rings (SSSR count). The number of anilines is 4. The predicted molar refractivity (Wildman–Crippen MR) is 97.8 cm³/mol. The number of benzene rings is 2. The Balaban J connectivity index is 1.54. The van der Waals surface area contributed by atoms with Gasteiger partial charge in [0, 0.05) is 22.8 Å². The van der Waals surface area contributed by atoms with E-state index in [0.717, 1.165) is 29.2 Å². The van der Waals surface area contributed by atoms with Crippen LogP contribution in [0.2, 0.25) is 0 Å². The lowest BCUT2D eigenvalue weighted by atomic mass is 10.2. The number of ether oxygens (including phenoxy) is 1. The number of alkyl halides is 3. The maximum absolute atomic E-state index is 14.1. The smallest absolute Gasteiger partial charge is 0.406 e. The summed E-state index contributed by atoms with van der Waals surface area (Å²) < 4.78 is 55.0. The Bertz CT molecular complexity index is 1160. The zero-order chi connectivity index (χ0) is 20.4. The van der Waals surface area contributed by atoms with Gasteiger partial charge in [0.25, 0.3) is 0 Å². The average molecular weight is 404 g/mol. The van der Waals surface area contributed by atoms with Crippen molar-refractivity contribution in [2.24, 2.45) is 0 Å². The maximum Gasteiger partial charge on any atom is 0.573 e. The highest BCUT2D eigenvalue weighted by molar-refractivity contribution is 5.82. The summed E-state index contributed by atoms with van der Waals surface area (Å²) in [6.45, 7) is 0. The minimum Gasteiger partial charge on any atom is -0.406 e. The molecule has 11 heteroatoms. The molecule has 0 aliphatic heterocycles. The van der Waals surface area contributed by atoms with E-state index in [2.05, 4.69) is 35.5 Å². The van der Waals surface area contributed by atoms with Gasteiger partial charge in [0.05, 0.1) is 17.9 Å². The summed E-state index contributed by atoms with van der Waals surface area (Å²) in [6.07, 6.45) is -2.23. The molecule has 2 aromatic heterocycles. The van der Waals surface area contributed by atoms with E-state index in [1.54, 1.807) is 24.4 Å². The van der Waals surface area contributed by atoms with Crippen LogP contribution in [0.15, 0.2) is 54.9 Å². The monoisotopic (exact) mass is 404 g/mol. The number of aromatic nitrogens is 4. The number of hydrogen-bond acceptors (Lipinski definition) is 6. The van der Waals surface area contributed by atoms with Gasteiger partial charge in [-0.3, -0.25) is 5.10 Å². The molecule has 4 aromatic rings. The molecule has 0 aliphatic carbocycles. The maximum atomic E-state index is 14.1. The van der Waals surface area contributed by atoms with Crippen LogP contribution in [0.25, 0.3) is 10.9 Å². The minimum atomic E-state index is -4.83. The summed E-state index contributed by atoms with van der Waals surface area (Å²) in [5.41, 5.74) is 1.66. The number of H-pyrrole nitrogens is 1. The average Bonchev–Trinajstić information content (AvgIpc) is 3.11. The Hall–Kier alpha value is -3.89. The quantitative estimate of drug-likeness (QED) is 0.411. The summed E-state index contributed by atoms with van der Waals surface area (Å²) in [4.78, 5) is 7.92. The van der Waals surface area contributed by atoms with Crippen molar-refractivity contribution in [2.45, 2.75) is 6.36 Å². The highest BCUT2D eigenvalue weighted by atomic mass is 19.4. The van der Waals surface area contributed by atoms with Crippen molar-refractivity contribution in [1.82, 2.24) is 20.2 Å². The van der Waals surface area contributed by atoms with E-state index in [9.17, 15) is 17.6 Å². The highest BCUT2D eigenvalue weighted by Gasteiger charge is 2.31. The van der Waals surface area contributed by atoms with Gasteiger partial charge < -0.3 is 15.4 Å². The van der Waals surface area contributed by atoms with E-state index in [1.807, 2.05) is 0 Å². The second kappa shape index (κ2) is 7.26. The molecule has 29 heavy (non-hydrogen) atoms. The van der Waals surface area contributed by atoms with Crippen LogP contribution in [0, 0.1) is 5.82 Å². The van der Waals surface area contributed by atoms with E-state index in [-0.39, 0.29) is 17.5 Å². The molecule has 2 aromatic carbocycles. The number of rotatable bonds is 5. The standard InChI is InChI=1S/C18H12F4N6O/c19-14-9-23-17(26-12-4-5-15-10(6-12)8-24-28-15)27-16(14)25-11-2-1-3-13(7-11)29-18(20,21)22/h1-9H,(H,24,28)(H2,23,25,26,27). The Morgan fingerprint density at radius 1 is 0.966 bits per heavy atom. The lowest BCUT2D eigenvalue weighted by molar-refractivity contribution is -0.274. The van der Waals surface area contributed by atoms with Crippen LogP contribution in [0.4, 0.5) is 40.7 Å². The summed E-state index contributed by atoms with van der Waals surface area (Å²) in [6, 6.07) is 10.4. The lowest BCUT2D eigenvalue weighted by Crippen LogP contribution is -2.17. The first-order chi connectivity index (χ1) is 13.9. The van der Waals surface area contributed by atoms with E-state index >= 15 is 0 Å². The molecular formula is C18H12F4N6O. The SMILES string of the molecule is Fc1cnc(Nc2ccc3[nH]ncc3c2)nc1Nc1cccc(OC(F)(F)F)c1. The van der Waals surface area contributed by atoms with Crippen LogP contribution in [-0.4, -0.2) is 26.5 Å². The summed E-state index contributed by atoms with van der Waals surface area (Å²) in [5, 5.41) is 13.2. The Morgan fingerprint density at radius 3 is 2.62 bits per heavy atom. The van der Waals surface area contributed by atoms with Gasteiger partial charge in [0.2, 0.25) is 5.95 Å². The molecule has 0 aliphatic rings. The minimum absolute atomic E-state index is 0.0967. The lowest BCUT2D eigenvalue weighted by Gasteiger charge is -2.12. The third-order valence-corrected chi connectivity index (χ3v) is 3.77. The fourth-order valence-electron chi connectivity index (χ4n) is 2.57. The fraction of sp³-hybridized carbons (Fsp3) is 0.0556. The molecule has 3 N–H and O–H groups in total. The van der Waals surface area contributed by atoms with Crippen molar-refractivity contribution >= 4 is 34.0 Å². The second-order valence-electron chi connectivity index (χ2n) is 5.89. The van der Waals surface area contributed by atoms with Crippen LogP contribution in [0.1, 0.15) is 0 Å². The number of hydrogen-bond donors (Lipinski definition) is 3. The van der Waals surface area contributed by atoms with Crippen LogP contribution in [0.5, 0.6) is 5.75 Å². The van der Waals surface area contributed by atoms with Crippen LogP contribution in [0.3, 0.4) is 0 Å². The van der Waals surface area contributed by atoms with Crippen molar-refractivity contribution in [1.29, 1.82) is 0 Å². The number of aromatic amines is 1. The molecule has 148 valence electrons. The molecule has 0 unspecified atom stereocenters. The van der Waals surface area contributed by atoms with Gasteiger partial charge in [-0.1, -0.05) is 6.07 Å². The van der Waals surface area contributed by atoms with Crippen molar-refractivity contribution in [3.63, 3.8) is 0 Å². The van der Waals surface area contributed by atoms with Crippen molar-refractivity contribution in [2.75, 3.05) is 10.6 Å². The van der Waals surface area contributed by atoms with E-state index < -0.39 is 17.9 Å². The van der Waals surface area contributed by atoms with Gasteiger partial charge in [0.15, 0.2) is 11.6 Å². The van der Waals surface area contributed by atoms with Gasteiger partial charge in [0.1, 0.15) is 5.75 Å². The Kier molecular flexibility index (Phi) is 4.63. The molecule has 7 nitrogen and oxygen atoms in total. The molecule has 0 saturated carbocycles. The van der Waals surface area contributed by atoms with E-state index in [0.29, 0.717) is 5.69 Å². The zero-order valence-corrected chi connectivity index (χ0v) is 14.5. The van der Waals surface area contributed by atoms with Crippen molar-refractivity contribution in [3.05, 3.63) is 60.7 Å². The van der Waals surface area contributed by atoms with Crippen molar-refractivity contribution < 1.29 is 22.3 Å². The van der Waals surface area contributed by atoms with Crippen LogP contribution < -0.4 is 15.4 Å². The van der Waals surface area contributed by atoms with Crippen LogP contribution in [-0.2, 0) is 0 Å². The fourth-order valence-corrected chi connectivity index (χ4v) is 2.57. The van der Waals surface area contributed by atoms with Crippen LogP contribution >= 0.6 is 0 Å². The van der Waals surface area contributed by atoms with E-state index in [4.69, 9.17) is 0 Å². The number of halogens is 4. The molecule has 2 heterocycles. The molecule has 0 amide bonds. The molecule has 0 spiro atoms. The highest BCUT2D eigenvalue weighted by Crippen LogP contribution is 2.27. The first-order valence-corrected chi connectivity index (χ1v) is 8.21. The Labute approximate surface area is 160 Å². The molecule has 0 radical (unpaired) electrons. The second-order valence-corrected chi connectivity index (χ2v) is 5.89. The first kappa shape index (κ1) is 18.5. The van der Waals surface area contributed by atoms with Crippen molar-refractivity contribution in [3.8, 4) is 5.75 Å². The van der Waals surface area contributed by atoms with Gasteiger partial charge in [-0.15, -0.1) is 13.2 Å².